The van der Waals surface area contributed by atoms with Gasteiger partial charge in [0, 0.05) is 18.0 Å². The van der Waals surface area contributed by atoms with E-state index < -0.39 is 17.1 Å². The highest BCUT2D eigenvalue weighted by atomic mass is 32.2. The smallest absolute Gasteiger partial charge is 0.308 e. The molecule has 1 saturated heterocycles. The van der Waals surface area contributed by atoms with Crippen molar-refractivity contribution in [1.82, 2.24) is 4.90 Å². The molecule has 1 N–H and O–H groups in total. The summed E-state index contributed by atoms with van der Waals surface area (Å²) < 4.78 is 39.0. The van der Waals surface area contributed by atoms with Gasteiger partial charge in [-0.2, -0.15) is 13.2 Å². The zero-order valence-electron chi connectivity index (χ0n) is 15.1. The molecule has 144 valence electrons. The van der Waals surface area contributed by atoms with Crippen LogP contribution in [-0.4, -0.2) is 23.2 Å². The van der Waals surface area contributed by atoms with E-state index >= 15 is 0 Å². The number of nitrogens with one attached hydrogen (secondary N) is 1. The number of urea groups is 1. The molecule has 0 aromatic heterocycles. The van der Waals surface area contributed by atoms with Crippen molar-refractivity contribution in [3.63, 3.8) is 0 Å². The molecule has 27 heavy (non-hydrogen) atoms. The molecule has 2 aromatic rings. The second-order valence-corrected chi connectivity index (χ2v) is 7.93. The second-order valence-electron chi connectivity index (χ2n) is 6.75. The number of hydrogen-bond acceptors (Lipinski definition) is 2. The predicted molar refractivity (Wildman–Crippen MR) is 103 cm³/mol. The zero-order chi connectivity index (χ0) is 19.6. The lowest BCUT2D eigenvalue weighted by Crippen LogP contribution is -2.34. The number of alkyl halides is 3. The first-order chi connectivity index (χ1) is 12.8. The summed E-state index contributed by atoms with van der Waals surface area (Å²) in [5, 5.41) is 2.42. The van der Waals surface area contributed by atoms with Gasteiger partial charge in [-0.3, -0.25) is 0 Å². The molecule has 3 rings (SSSR count). The fourth-order valence-corrected chi connectivity index (χ4v) is 4.21. The Hall–Kier alpha value is -2.15. The third-order valence-electron chi connectivity index (χ3n) is 4.48. The molecule has 3 nitrogen and oxygen atoms in total. The lowest BCUT2D eigenvalue weighted by atomic mass is 10.0. The van der Waals surface area contributed by atoms with Gasteiger partial charge >= 0.3 is 12.2 Å². The predicted octanol–water partition coefficient (Wildman–Crippen LogP) is 6.11. The maximum absolute atomic E-state index is 13.0. The van der Waals surface area contributed by atoms with Gasteiger partial charge in [0.25, 0.3) is 0 Å². The van der Waals surface area contributed by atoms with Crippen LogP contribution in [0.25, 0.3) is 0 Å². The highest BCUT2D eigenvalue weighted by Gasteiger charge is 2.34. The monoisotopic (exact) mass is 394 g/mol. The van der Waals surface area contributed by atoms with Crippen LogP contribution in [0.15, 0.2) is 48.5 Å². The molecule has 1 aliphatic rings. The first-order valence-corrected chi connectivity index (χ1v) is 9.77. The maximum atomic E-state index is 13.0. The fraction of sp³-hybridized carbons (Fsp3) is 0.350. The fourth-order valence-electron chi connectivity index (χ4n) is 2.97. The van der Waals surface area contributed by atoms with Crippen LogP contribution in [0.4, 0.5) is 23.7 Å². The molecule has 7 heteroatoms. The number of thioether (sulfide) groups is 1. The zero-order valence-corrected chi connectivity index (χ0v) is 15.9. The molecule has 0 unspecified atom stereocenters. The van der Waals surface area contributed by atoms with Crippen molar-refractivity contribution in [2.75, 3.05) is 17.6 Å². The van der Waals surface area contributed by atoms with Crippen LogP contribution in [0.1, 0.15) is 41.8 Å². The molecule has 0 aliphatic carbocycles. The molecule has 1 fully saturated rings. The third kappa shape index (κ3) is 4.58. The Labute approximate surface area is 160 Å². The maximum Gasteiger partial charge on any atom is 0.416 e. The normalized spacial score (nSPS) is 17.4. The number of carbonyl (C=O) groups excluding carboxylic acids is 1. The first kappa shape index (κ1) is 19.6. The Morgan fingerprint density at radius 2 is 1.89 bits per heavy atom. The Bertz CT molecular complexity index is 806. The van der Waals surface area contributed by atoms with E-state index in [9.17, 15) is 18.0 Å². The molecule has 2 aromatic carbocycles. The number of anilines is 1. The van der Waals surface area contributed by atoms with E-state index in [1.165, 1.54) is 23.4 Å². The van der Waals surface area contributed by atoms with Gasteiger partial charge in [0.05, 0.1) is 5.56 Å². The molecule has 0 bridgehead atoms. The van der Waals surface area contributed by atoms with Crippen LogP contribution >= 0.6 is 11.8 Å². The van der Waals surface area contributed by atoms with Crippen molar-refractivity contribution < 1.29 is 18.0 Å². The second kappa shape index (κ2) is 7.84. The van der Waals surface area contributed by atoms with Crippen LogP contribution in [0, 0.1) is 0 Å². The minimum absolute atomic E-state index is 0.306. The minimum atomic E-state index is -4.40. The number of amides is 2. The van der Waals surface area contributed by atoms with Crippen molar-refractivity contribution in [2.24, 2.45) is 0 Å². The van der Waals surface area contributed by atoms with Gasteiger partial charge in [-0.25, -0.2) is 4.79 Å². The van der Waals surface area contributed by atoms with Gasteiger partial charge in [0.2, 0.25) is 0 Å². The van der Waals surface area contributed by atoms with Crippen LogP contribution in [0.2, 0.25) is 0 Å². The summed E-state index contributed by atoms with van der Waals surface area (Å²) in [5.74, 6) is 1.08. The minimum Gasteiger partial charge on any atom is -0.308 e. The quantitative estimate of drug-likeness (QED) is 0.681. The molecule has 1 aliphatic heterocycles. The molecular weight excluding hydrogens is 373 g/mol. The van der Waals surface area contributed by atoms with Crippen molar-refractivity contribution in [3.05, 3.63) is 65.2 Å². The van der Waals surface area contributed by atoms with E-state index in [-0.39, 0.29) is 6.03 Å². The molecule has 0 radical (unpaired) electrons. The largest absolute Gasteiger partial charge is 0.416 e. The van der Waals surface area contributed by atoms with Gasteiger partial charge in [-0.1, -0.05) is 38.1 Å². The van der Waals surface area contributed by atoms with Crippen molar-refractivity contribution >= 4 is 23.5 Å². The number of benzene rings is 2. The van der Waals surface area contributed by atoms with Gasteiger partial charge in [-0.15, -0.1) is 11.8 Å². The van der Waals surface area contributed by atoms with E-state index in [2.05, 4.69) is 19.2 Å². The topological polar surface area (TPSA) is 32.3 Å². The van der Waals surface area contributed by atoms with Crippen molar-refractivity contribution in [1.29, 1.82) is 0 Å². The average Bonchev–Trinajstić information content (AvgIpc) is 3.11. The number of carbonyl (C=O) groups is 1. The van der Waals surface area contributed by atoms with E-state index in [0.29, 0.717) is 29.5 Å². The van der Waals surface area contributed by atoms with Crippen molar-refractivity contribution in [2.45, 2.75) is 31.3 Å². The average molecular weight is 394 g/mol. The van der Waals surface area contributed by atoms with Crippen molar-refractivity contribution in [3.8, 4) is 0 Å². The summed E-state index contributed by atoms with van der Waals surface area (Å²) >= 11 is 1.47. The Kier molecular flexibility index (Phi) is 5.69. The summed E-state index contributed by atoms with van der Waals surface area (Å²) in [6.45, 7) is 4.67. The summed E-state index contributed by atoms with van der Waals surface area (Å²) in [6.07, 6.45) is -4.40. The summed E-state index contributed by atoms with van der Waals surface area (Å²) in [4.78, 5) is 14.3. The van der Waals surface area contributed by atoms with Crippen LogP contribution in [0.3, 0.4) is 0 Å². The molecule has 1 atom stereocenters. The number of nitrogens with zero attached hydrogens (tertiary/aromatic N) is 1. The lowest BCUT2D eigenvalue weighted by Gasteiger charge is -2.25. The third-order valence-corrected chi connectivity index (χ3v) is 5.74. The van der Waals surface area contributed by atoms with E-state index in [1.54, 1.807) is 11.0 Å². The lowest BCUT2D eigenvalue weighted by molar-refractivity contribution is -0.137. The standard InChI is InChI=1S/C20H21F3N2OS/c1-13(2)14-6-8-17(9-7-14)24-19(26)25-10-11-27-18(25)15-4-3-5-16(12-15)20(21,22)23/h3-9,12-13,18H,10-11H2,1-2H3,(H,24,26)/t18-/m1/s1. The van der Waals surface area contributed by atoms with Crippen LogP contribution < -0.4 is 5.32 Å². The SMILES string of the molecule is CC(C)c1ccc(NC(=O)N2CCS[C@@H]2c2cccc(C(F)(F)F)c2)cc1. The first-order valence-electron chi connectivity index (χ1n) is 8.72. The number of hydrogen-bond donors (Lipinski definition) is 1. The van der Waals surface area contributed by atoms with Gasteiger partial charge in [0.15, 0.2) is 0 Å². The molecular formula is C20H21F3N2OS. The van der Waals surface area contributed by atoms with Crippen LogP contribution in [-0.2, 0) is 6.18 Å². The van der Waals surface area contributed by atoms with E-state index in [0.717, 1.165) is 12.1 Å². The Balaban J connectivity index is 1.75. The Morgan fingerprint density at radius 3 is 2.52 bits per heavy atom. The van der Waals surface area contributed by atoms with Gasteiger partial charge in [-0.05, 0) is 41.3 Å². The molecule has 0 saturated carbocycles. The highest BCUT2D eigenvalue weighted by Crippen LogP contribution is 2.40. The molecule has 1 heterocycles. The summed E-state index contributed by atoms with van der Waals surface area (Å²) in [7, 11) is 0. The summed E-state index contributed by atoms with van der Waals surface area (Å²) in [6, 6.07) is 12.5. The highest BCUT2D eigenvalue weighted by molar-refractivity contribution is 7.99. The Morgan fingerprint density at radius 1 is 1.19 bits per heavy atom. The van der Waals surface area contributed by atoms with Gasteiger partial charge in [0.1, 0.15) is 5.37 Å². The van der Waals surface area contributed by atoms with E-state index in [4.69, 9.17) is 0 Å². The van der Waals surface area contributed by atoms with Gasteiger partial charge < -0.3 is 10.2 Å². The van der Waals surface area contributed by atoms with Crippen LogP contribution in [0.5, 0.6) is 0 Å². The molecule has 0 spiro atoms. The van der Waals surface area contributed by atoms with E-state index in [1.807, 2.05) is 24.3 Å². The molecule has 2 amide bonds. The number of rotatable bonds is 3. The number of halogens is 3. The summed E-state index contributed by atoms with van der Waals surface area (Å²) in [5.41, 5.74) is 1.63.